The highest BCUT2D eigenvalue weighted by atomic mass is 16.4. The molecule has 2 rings (SSSR count). The Kier molecular flexibility index (Phi) is 3.71. The minimum Gasteiger partial charge on any atom is -0.480 e. The molecule has 1 saturated heterocycles. The number of likely N-dealkylation sites (tertiary alicyclic amines) is 1. The van der Waals surface area contributed by atoms with Crippen molar-refractivity contribution in [2.75, 3.05) is 13.1 Å². The number of benzene rings is 1. The number of carboxylic acid groups (broad SMARTS) is 1. The van der Waals surface area contributed by atoms with Crippen LogP contribution in [-0.2, 0) is 10.3 Å². The van der Waals surface area contributed by atoms with E-state index in [2.05, 4.69) is 4.90 Å². The van der Waals surface area contributed by atoms with Gasteiger partial charge in [0.25, 0.3) is 0 Å². The molecule has 0 amide bonds. The molecule has 0 spiro atoms. The third-order valence-electron chi connectivity index (χ3n) is 3.99. The fraction of sp³-hybridized carbons (Fsp3) is 0.533. The average molecular weight is 247 g/mol. The number of carboxylic acids is 1. The second-order valence-corrected chi connectivity index (χ2v) is 5.29. The number of nitrogens with zero attached hydrogens (tertiary/aromatic N) is 1. The minimum absolute atomic E-state index is 0.755. The van der Waals surface area contributed by atoms with Crippen molar-refractivity contribution >= 4 is 5.97 Å². The van der Waals surface area contributed by atoms with Crippen molar-refractivity contribution in [3.8, 4) is 0 Å². The molecule has 1 aliphatic heterocycles. The zero-order valence-electron chi connectivity index (χ0n) is 11.1. The van der Waals surface area contributed by atoms with E-state index in [4.69, 9.17) is 0 Å². The molecule has 0 aliphatic carbocycles. The molecule has 1 fully saturated rings. The van der Waals surface area contributed by atoms with Crippen LogP contribution in [0.1, 0.15) is 37.3 Å². The van der Waals surface area contributed by atoms with Gasteiger partial charge in [0.05, 0.1) is 0 Å². The molecule has 18 heavy (non-hydrogen) atoms. The first-order valence-electron chi connectivity index (χ1n) is 6.61. The van der Waals surface area contributed by atoms with Gasteiger partial charge in [0.15, 0.2) is 0 Å². The lowest BCUT2D eigenvalue weighted by molar-refractivity contribution is -0.152. The summed E-state index contributed by atoms with van der Waals surface area (Å²) in [6, 6.07) is 7.86. The second kappa shape index (κ2) is 5.11. The smallest absolute Gasteiger partial charge is 0.328 e. The third-order valence-corrected chi connectivity index (χ3v) is 3.99. The van der Waals surface area contributed by atoms with E-state index >= 15 is 0 Å². The molecule has 1 aromatic carbocycles. The Balaban J connectivity index is 2.39. The maximum atomic E-state index is 11.8. The number of aliphatic carboxylic acids is 1. The molecule has 1 aliphatic rings. The maximum absolute atomic E-state index is 11.8. The number of carbonyl (C=O) groups is 1. The Hall–Kier alpha value is -1.35. The van der Waals surface area contributed by atoms with E-state index in [0.717, 1.165) is 37.1 Å². The summed E-state index contributed by atoms with van der Waals surface area (Å²) in [6.07, 6.45) is 3.39. The average Bonchev–Trinajstić information content (AvgIpc) is 2.38. The van der Waals surface area contributed by atoms with Crippen LogP contribution < -0.4 is 0 Å². The highest BCUT2D eigenvalue weighted by molar-refractivity contribution is 5.80. The molecule has 1 heterocycles. The van der Waals surface area contributed by atoms with Gasteiger partial charge in [0.2, 0.25) is 0 Å². The molecule has 1 aromatic rings. The van der Waals surface area contributed by atoms with E-state index < -0.39 is 11.5 Å². The predicted molar refractivity (Wildman–Crippen MR) is 71.6 cm³/mol. The number of aryl methyl sites for hydroxylation is 1. The zero-order valence-corrected chi connectivity index (χ0v) is 11.1. The van der Waals surface area contributed by atoms with Crippen molar-refractivity contribution in [2.45, 2.75) is 38.6 Å². The summed E-state index contributed by atoms with van der Waals surface area (Å²) in [4.78, 5) is 13.9. The van der Waals surface area contributed by atoms with Crippen molar-refractivity contribution in [1.82, 2.24) is 4.90 Å². The Morgan fingerprint density at radius 2 is 1.94 bits per heavy atom. The number of piperidine rings is 1. The molecule has 1 N–H and O–H groups in total. The molecule has 0 radical (unpaired) electrons. The first-order valence-corrected chi connectivity index (χ1v) is 6.61. The van der Waals surface area contributed by atoms with Gasteiger partial charge in [-0.25, -0.2) is 4.79 Å². The first kappa shape index (κ1) is 13.1. The van der Waals surface area contributed by atoms with Crippen LogP contribution in [0.2, 0.25) is 0 Å². The Morgan fingerprint density at radius 1 is 1.28 bits per heavy atom. The lowest BCUT2D eigenvalue weighted by Crippen LogP contribution is -2.51. The molecule has 0 bridgehead atoms. The fourth-order valence-corrected chi connectivity index (χ4v) is 2.73. The van der Waals surface area contributed by atoms with Crippen LogP contribution in [0.5, 0.6) is 0 Å². The second-order valence-electron chi connectivity index (χ2n) is 5.29. The van der Waals surface area contributed by atoms with Crippen LogP contribution in [0.15, 0.2) is 24.3 Å². The molecular weight excluding hydrogens is 226 g/mol. The van der Waals surface area contributed by atoms with Crippen molar-refractivity contribution in [2.24, 2.45) is 0 Å². The third kappa shape index (κ3) is 2.27. The van der Waals surface area contributed by atoms with Crippen molar-refractivity contribution < 1.29 is 9.90 Å². The highest BCUT2D eigenvalue weighted by Crippen LogP contribution is 2.31. The normalized spacial score (nSPS) is 20.3. The first-order chi connectivity index (χ1) is 8.55. The van der Waals surface area contributed by atoms with Gasteiger partial charge < -0.3 is 5.11 Å². The van der Waals surface area contributed by atoms with Gasteiger partial charge >= 0.3 is 5.97 Å². The lowest BCUT2D eigenvalue weighted by Gasteiger charge is -2.40. The predicted octanol–water partition coefficient (Wildman–Crippen LogP) is 2.78. The van der Waals surface area contributed by atoms with Gasteiger partial charge in [-0.1, -0.05) is 36.2 Å². The molecule has 98 valence electrons. The topological polar surface area (TPSA) is 40.5 Å². The SMILES string of the molecule is Cc1cccc(C(C)(C(=O)O)N2CCCCC2)c1. The Morgan fingerprint density at radius 3 is 2.50 bits per heavy atom. The van der Waals surface area contributed by atoms with Crippen LogP contribution in [0.25, 0.3) is 0 Å². The number of hydrogen-bond donors (Lipinski definition) is 1. The largest absolute Gasteiger partial charge is 0.480 e. The molecule has 3 nitrogen and oxygen atoms in total. The van der Waals surface area contributed by atoms with Crippen molar-refractivity contribution in [3.05, 3.63) is 35.4 Å². The van der Waals surface area contributed by atoms with Gasteiger partial charge in [-0.3, -0.25) is 4.90 Å². The van der Waals surface area contributed by atoms with Gasteiger partial charge in [-0.15, -0.1) is 0 Å². The van der Waals surface area contributed by atoms with Gasteiger partial charge in [-0.2, -0.15) is 0 Å². The molecular formula is C15H21NO2. The number of rotatable bonds is 3. The maximum Gasteiger partial charge on any atom is 0.328 e. The van der Waals surface area contributed by atoms with E-state index in [1.165, 1.54) is 6.42 Å². The summed E-state index contributed by atoms with van der Waals surface area (Å²) in [7, 11) is 0. The Bertz CT molecular complexity index is 438. The summed E-state index contributed by atoms with van der Waals surface area (Å²) in [5.41, 5.74) is 1.10. The monoisotopic (exact) mass is 247 g/mol. The van der Waals surface area contributed by atoms with Crippen molar-refractivity contribution in [1.29, 1.82) is 0 Å². The molecule has 3 heteroatoms. The van der Waals surface area contributed by atoms with Gasteiger partial charge in [-0.05, 0) is 45.3 Å². The summed E-state index contributed by atoms with van der Waals surface area (Å²) in [6.45, 7) is 5.57. The summed E-state index contributed by atoms with van der Waals surface area (Å²) < 4.78 is 0. The van der Waals surface area contributed by atoms with E-state index in [-0.39, 0.29) is 0 Å². The van der Waals surface area contributed by atoms with Crippen LogP contribution in [0, 0.1) is 6.92 Å². The van der Waals surface area contributed by atoms with Gasteiger partial charge in [0, 0.05) is 0 Å². The summed E-state index contributed by atoms with van der Waals surface area (Å²) in [5, 5.41) is 9.69. The summed E-state index contributed by atoms with van der Waals surface area (Å²) >= 11 is 0. The zero-order chi connectivity index (χ0) is 13.2. The lowest BCUT2D eigenvalue weighted by atomic mass is 9.87. The molecule has 0 aromatic heterocycles. The standard InChI is InChI=1S/C15H21NO2/c1-12-7-6-8-13(11-12)15(2,14(17)18)16-9-4-3-5-10-16/h6-8,11H,3-5,9-10H2,1-2H3,(H,17,18). The molecule has 0 saturated carbocycles. The van der Waals surface area contributed by atoms with Crippen LogP contribution in [0.3, 0.4) is 0 Å². The highest BCUT2D eigenvalue weighted by Gasteiger charge is 2.41. The molecule has 1 unspecified atom stereocenters. The fourth-order valence-electron chi connectivity index (χ4n) is 2.73. The minimum atomic E-state index is -0.896. The molecule has 1 atom stereocenters. The van der Waals surface area contributed by atoms with Crippen LogP contribution in [-0.4, -0.2) is 29.1 Å². The Labute approximate surface area is 108 Å². The van der Waals surface area contributed by atoms with E-state index in [0.29, 0.717) is 0 Å². The quantitative estimate of drug-likeness (QED) is 0.893. The van der Waals surface area contributed by atoms with E-state index in [1.807, 2.05) is 38.1 Å². The van der Waals surface area contributed by atoms with Crippen LogP contribution in [0.4, 0.5) is 0 Å². The van der Waals surface area contributed by atoms with E-state index in [1.54, 1.807) is 0 Å². The van der Waals surface area contributed by atoms with Crippen molar-refractivity contribution in [3.63, 3.8) is 0 Å². The number of hydrogen-bond acceptors (Lipinski definition) is 2. The van der Waals surface area contributed by atoms with Gasteiger partial charge in [0.1, 0.15) is 5.54 Å². The van der Waals surface area contributed by atoms with E-state index in [9.17, 15) is 9.90 Å². The van der Waals surface area contributed by atoms with Crippen LogP contribution >= 0.6 is 0 Å². The summed E-state index contributed by atoms with van der Waals surface area (Å²) in [5.74, 6) is -0.755.